The van der Waals surface area contributed by atoms with E-state index in [4.69, 9.17) is 0 Å². The van der Waals surface area contributed by atoms with E-state index < -0.39 is 11.6 Å². The van der Waals surface area contributed by atoms with Gasteiger partial charge in [-0.15, -0.1) is 0 Å². The van der Waals surface area contributed by atoms with E-state index in [2.05, 4.69) is 9.88 Å². The highest BCUT2D eigenvalue weighted by Gasteiger charge is 2.28. The topological polar surface area (TPSA) is 38.1 Å². The predicted molar refractivity (Wildman–Crippen MR) is 102 cm³/mol. The minimum atomic E-state index is -0.660. The van der Waals surface area contributed by atoms with Gasteiger partial charge < -0.3 is 4.57 Å². The van der Waals surface area contributed by atoms with Crippen LogP contribution in [0.15, 0.2) is 60.9 Å². The molecule has 1 atom stereocenters. The summed E-state index contributed by atoms with van der Waals surface area (Å²) in [6.07, 6.45) is 5.25. The fraction of sp³-hybridized carbons (Fsp3) is 0.273. The number of ketones is 1. The third-order valence-corrected chi connectivity index (χ3v) is 5.19. The quantitative estimate of drug-likeness (QED) is 0.621. The highest BCUT2D eigenvalue weighted by molar-refractivity contribution is 5.98. The maximum absolute atomic E-state index is 14.0. The number of halogens is 2. The van der Waals surface area contributed by atoms with Gasteiger partial charge in [-0.3, -0.25) is 9.69 Å². The molecule has 144 valence electrons. The molecule has 28 heavy (non-hydrogen) atoms. The second kappa shape index (κ2) is 8.02. The summed E-state index contributed by atoms with van der Waals surface area (Å²) < 4.78 is 29.5. The van der Waals surface area contributed by atoms with Crippen molar-refractivity contribution in [1.29, 1.82) is 0 Å². The van der Waals surface area contributed by atoms with E-state index in [1.807, 2.05) is 41.1 Å². The zero-order chi connectivity index (χ0) is 19.5. The zero-order valence-corrected chi connectivity index (χ0v) is 15.4. The van der Waals surface area contributed by atoms with Crippen molar-refractivity contribution in [2.24, 2.45) is 5.92 Å². The number of rotatable bonds is 5. The molecule has 0 saturated carbocycles. The van der Waals surface area contributed by atoms with Gasteiger partial charge >= 0.3 is 0 Å². The molecule has 0 N–H and O–H groups in total. The summed E-state index contributed by atoms with van der Waals surface area (Å²) in [4.78, 5) is 19.3. The van der Waals surface area contributed by atoms with Crippen LogP contribution in [0.25, 0.3) is 5.82 Å². The molecule has 6 heteroatoms. The molecule has 4 nitrogen and oxygen atoms in total. The summed E-state index contributed by atoms with van der Waals surface area (Å²) in [5.74, 6) is -1.06. The van der Waals surface area contributed by atoms with Crippen LogP contribution in [-0.2, 0) is 6.54 Å². The van der Waals surface area contributed by atoms with Crippen LogP contribution in [0.3, 0.4) is 0 Å². The van der Waals surface area contributed by atoms with Crippen LogP contribution in [0.2, 0.25) is 0 Å². The smallest absolute Gasteiger partial charge is 0.170 e. The van der Waals surface area contributed by atoms with E-state index in [1.54, 1.807) is 6.20 Å². The van der Waals surface area contributed by atoms with Gasteiger partial charge in [0.25, 0.3) is 0 Å². The van der Waals surface area contributed by atoms with Gasteiger partial charge in [0.1, 0.15) is 17.5 Å². The summed E-state index contributed by atoms with van der Waals surface area (Å²) in [5, 5.41) is 0. The van der Waals surface area contributed by atoms with Crippen molar-refractivity contribution in [2.75, 3.05) is 13.1 Å². The molecule has 0 bridgehead atoms. The Morgan fingerprint density at radius 3 is 2.86 bits per heavy atom. The first-order valence-electron chi connectivity index (χ1n) is 9.41. The minimum Gasteiger partial charge on any atom is -0.304 e. The van der Waals surface area contributed by atoms with E-state index >= 15 is 0 Å². The molecule has 4 rings (SSSR count). The lowest BCUT2D eigenvalue weighted by atomic mass is 9.89. The van der Waals surface area contributed by atoms with Gasteiger partial charge in [-0.1, -0.05) is 6.07 Å². The van der Waals surface area contributed by atoms with Crippen LogP contribution in [-0.4, -0.2) is 33.3 Å². The summed E-state index contributed by atoms with van der Waals surface area (Å²) in [6.45, 7) is 2.06. The van der Waals surface area contributed by atoms with Crippen molar-refractivity contribution in [2.45, 2.75) is 19.4 Å². The monoisotopic (exact) mass is 381 g/mol. The van der Waals surface area contributed by atoms with E-state index in [0.29, 0.717) is 19.5 Å². The number of nitrogens with zero attached hydrogens (tertiary/aromatic N) is 3. The van der Waals surface area contributed by atoms with Crippen LogP contribution < -0.4 is 0 Å². The highest BCUT2D eigenvalue weighted by Crippen LogP contribution is 2.24. The third kappa shape index (κ3) is 3.87. The van der Waals surface area contributed by atoms with Gasteiger partial charge in [0.2, 0.25) is 0 Å². The van der Waals surface area contributed by atoms with Gasteiger partial charge in [-0.05, 0) is 61.9 Å². The Morgan fingerprint density at radius 2 is 2.04 bits per heavy atom. The van der Waals surface area contributed by atoms with Crippen molar-refractivity contribution >= 4 is 5.78 Å². The van der Waals surface area contributed by atoms with Crippen LogP contribution in [0, 0.1) is 17.6 Å². The number of Topliss-reactive ketones (excluding diaryl/α,β-unsaturated/α-hetero) is 1. The van der Waals surface area contributed by atoms with Gasteiger partial charge in [-0.2, -0.15) is 0 Å². The molecule has 3 heterocycles. The standard InChI is InChI=1S/C22H21F2N3O/c23-17-8-9-20(24)19(13-17)22(28)16-5-3-11-26(14-16)15-18-6-4-12-27(18)21-7-1-2-10-25-21/h1-2,4,6-10,12-13,16H,3,5,11,14-15H2/t16-/m0/s1. The van der Waals surface area contributed by atoms with Gasteiger partial charge in [0, 0.05) is 37.1 Å². The molecular formula is C22H21F2N3O. The first-order valence-corrected chi connectivity index (χ1v) is 9.41. The molecule has 0 radical (unpaired) electrons. The Hall–Kier alpha value is -2.86. The van der Waals surface area contributed by atoms with Crippen molar-refractivity contribution in [3.8, 4) is 5.82 Å². The second-order valence-corrected chi connectivity index (χ2v) is 7.12. The van der Waals surface area contributed by atoms with E-state index in [-0.39, 0.29) is 17.3 Å². The molecule has 1 saturated heterocycles. The molecule has 0 spiro atoms. The minimum absolute atomic E-state index is 0.149. The van der Waals surface area contributed by atoms with Crippen molar-refractivity contribution < 1.29 is 13.6 Å². The summed E-state index contributed by atoms with van der Waals surface area (Å²) in [6, 6.07) is 12.8. The van der Waals surface area contributed by atoms with Crippen molar-refractivity contribution in [3.63, 3.8) is 0 Å². The second-order valence-electron chi connectivity index (χ2n) is 7.12. The molecule has 1 fully saturated rings. The number of carbonyl (C=O) groups excluding carboxylic acids is 1. The molecule has 3 aromatic rings. The maximum atomic E-state index is 14.0. The molecule has 0 unspecified atom stereocenters. The average molecular weight is 381 g/mol. The van der Waals surface area contributed by atoms with E-state index in [9.17, 15) is 13.6 Å². The summed E-state index contributed by atoms with van der Waals surface area (Å²) in [7, 11) is 0. The Balaban J connectivity index is 1.49. The number of hydrogen-bond donors (Lipinski definition) is 0. The SMILES string of the molecule is O=C(c1cc(F)ccc1F)[C@H]1CCCN(Cc2cccn2-c2ccccn2)C1. The van der Waals surface area contributed by atoms with Crippen LogP contribution in [0.5, 0.6) is 0 Å². The van der Waals surface area contributed by atoms with E-state index in [0.717, 1.165) is 42.7 Å². The van der Waals surface area contributed by atoms with Crippen molar-refractivity contribution in [3.05, 3.63) is 83.8 Å². The number of aromatic nitrogens is 2. The fourth-order valence-corrected chi connectivity index (χ4v) is 3.81. The number of pyridine rings is 1. The number of hydrogen-bond acceptors (Lipinski definition) is 3. The first-order chi connectivity index (χ1) is 13.6. The molecular weight excluding hydrogens is 360 g/mol. The Labute approximate surface area is 162 Å². The van der Waals surface area contributed by atoms with E-state index in [1.165, 1.54) is 0 Å². The molecule has 1 aromatic carbocycles. The summed E-state index contributed by atoms with van der Waals surface area (Å²) in [5.41, 5.74) is 0.924. The number of benzene rings is 1. The van der Waals surface area contributed by atoms with Crippen LogP contribution in [0.4, 0.5) is 8.78 Å². The Morgan fingerprint density at radius 1 is 1.14 bits per heavy atom. The highest BCUT2D eigenvalue weighted by atomic mass is 19.1. The lowest BCUT2D eigenvalue weighted by Crippen LogP contribution is -2.38. The van der Waals surface area contributed by atoms with Gasteiger partial charge in [-0.25, -0.2) is 13.8 Å². The third-order valence-electron chi connectivity index (χ3n) is 5.19. The largest absolute Gasteiger partial charge is 0.304 e. The Bertz CT molecular complexity index is 971. The molecule has 0 amide bonds. The lowest BCUT2D eigenvalue weighted by Gasteiger charge is -2.32. The van der Waals surface area contributed by atoms with Crippen molar-refractivity contribution in [1.82, 2.24) is 14.5 Å². The predicted octanol–water partition coefficient (Wildman–Crippen LogP) is 4.25. The maximum Gasteiger partial charge on any atom is 0.170 e. The molecule has 1 aliphatic rings. The number of likely N-dealkylation sites (tertiary alicyclic amines) is 1. The first kappa shape index (κ1) is 18.5. The molecule has 0 aliphatic carbocycles. The van der Waals surface area contributed by atoms with Gasteiger partial charge in [0.05, 0.1) is 5.56 Å². The normalized spacial score (nSPS) is 17.6. The van der Waals surface area contributed by atoms with Crippen LogP contribution >= 0.6 is 0 Å². The Kier molecular flexibility index (Phi) is 5.30. The average Bonchev–Trinajstić information content (AvgIpc) is 3.18. The number of carbonyl (C=O) groups is 1. The van der Waals surface area contributed by atoms with Gasteiger partial charge in [0.15, 0.2) is 5.78 Å². The molecule has 1 aliphatic heterocycles. The zero-order valence-electron chi connectivity index (χ0n) is 15.4. The number of piperidine rings is 1. The lowest BCUT2D eigenvalue weighted by molar-refractivity contribution is 0.0805. The fourth-order valence-electron chi connectivity index (χ4n) is 3.81. The molecule has 2 aromatic heterocycles. The summed E-state index contributed by atoms with van der Waals surface area (Å²) >= 11 is 0. The van der Waals surface area contributed by atoms with Crippen LogP contribution in [0.1, 0.15) is 28.9 Å².